The third-order valence-corrected chi connectivity index (χ3v) is 7.04. The Morgan fingerprint density at radius 2 is 2.08 bits per heavy atom. The molecule has 1 aromatic rings. The molecule has 1 N–H and O–H groups in total. The van der Waals surface area contributed by atoms with Gasteiger partial charge < -0.3 is 10.1 Å². The van der Waals surface area contributed by atoms with Gasteiger partial charge in [-0.15, -0.1) is 0 Å². The molecule has 1 amide bonds. The van der Waals surface area contributed by atoms with E-state index in [0.29, 0.717) is 10.4 Å². The lowest BCUT2D eigenvalue weighted by molar-refractivity contribution is -0.0353. The number of nitrogens with one attached hydrogen (secondary N) is 1. The van der Waals surface area contributed by atoms with Gasteiger partial charge in [0.2, 0.25) is 0 Å². The summed E-state index contributed by atoms with van der Waals surface area (Å²) in [5, 5.41) is 3.06. The first kappa shape index (κ1) is 18.2. The van der Waals surface area contributed by atoms with Gasteiger partial charge in [0.15, 0.2) is 0 Å². The minimum atomic E-state index is -0.377. The monoisotopic (exact) mass is 424 g/mol. The van der Waals surface area contributed by atoms with E-state index in [1.807, 2.05) is 6.07 Å². The van der Waals surface area contributed by atoms with Crippen LogP contribution in [0.4, 0.5) is 9.18 Å². The van der Waals surface area contributed by atoms with Gasteiger partial charge in [-0.05, 0) is 89.3 Å². The number of ether oxygens (including phenoxy) is 1. The van der Waals surface area contributed by atoms with Crippen LogP contribution in [-0.4, -0.2) is 36.7 Å². The minimum Gasteiger partial charge on any atom is -0.445 e. The van der Waals surface area contributed by atoms with E-state index in [4.69, 9.17) is 4.74 Å². The molecule has 1 unspecified atom stereocenters. The van der Waals surface area contributed by atoms with Crippen LogP contribution in [-0.2, 0) is 11.2 Å². The lowest BCUT2D eigenvalue weighted by Gasteiger charge is -2.44. The van der Waals surface area contributed by atoms with Crippen LogP contribution in [0.5, 0.6) is 0 Å². The van der Waals surface area contributed by atoms with E-state index in [2.05, 4.69) is 40.0 Å². The molecule has 26 heavy (non-hydrogen) atoms. The fourth-order valence-corrected chi connectivity index (χ4v) is 5.11. The van der Waals surface area contributed by atoms with Gasteiger partial charge in [-0.1, -0.05) is 13.8 Å². The molecule has 6 heteroatoms. The Labute approximate surface area is 162 Å². The van der Waals surface area contributed by atoms with Gasteiger partial charge in [0.05, 0.1) is 10.5 Å². The van der Waals surface area contributed by atoms with Crippen LogP contribution in [0.25, 0.3) is 0 Å². The number of carbonyl (C=O) groups excluding carboxylic acids is 1. The van der Waals surface area contributed by atoms with E-state index in [9.17, 15) is 9.18 Å². The minimum absolute atomic E-state index is 0.0228. The van der Waals surface area contributed by atoms with Crippen molar-refractivity contribution in [2.24, 2.45) is 11.3 Å². The highest BCUT2D eigenvalue weighted by Crippen LogP contribution is 2.44. The predicted octanol–water partition coefficient (Wildman–Crippen LogP) is 4.42. The van der Waals surface area contributed by atoms with Crippen LogP contribution in [0.3, 0.4) is 0 Å². The molecule has 2 bridgehead atoms. The van der Waals surface area contributed by atoms with Crippen molar-refractivity contribution in [2.45, 2.75) is 51.7 Å². The van der Waals surface area contributed by atoms with Crippen molar-refractivity contribution in [1.82, 2.24) is 10.2 Å². The van der Waals surface area contributed by atoms with E-state index in [-0.39, 0.29) is 29.5 Å². The Hall–Kier alpha value is -1.14. The Morgan fingerprint density at radius 3 is 2.73 bits per heavy atom. The molecule has 3 heterocycles. The SMILES string of the molecule is CC1(C)CCc2cc(Br)c(F)cc2C1NC(=O)O[C@H]1CN2CCC1CC2. The molecule has 0 radical (unpaired) electrons. The molecule has 142 valence electrons. The average molecular weight is 425 g/mol. The second kappa shape index (κ2) is 6.79. The first-order chi connectivity index (χ1) is 12.3. The summed E-state index contributed by atoms with van der Waals surface area (Å²) in [6.07, 6.45) is 3.63. The number of amides is 1. The van der Waals surface area contributed by atoms with Gasteiger partial charge in [0.1, 0.15) is 11.9 Å². The Balaban J connectivity index is 1.51. The zero-order chi connectivity index (χ0) is 18.5. The quantitative estimate of drug-likeness (QED) is 0.763. The lowest BCUT2D eigenvalue weighted by Crippen LogP contribution is -2.53. The van der Waals surface area contributed by atoms with E-state index >= 15 is 0 Å². The number of hydrogen-bond donors (Lipinski definition) is 1. The summed E-state index contributed by atoms with van der Waals surface area (Å²) in [5.41, 5.74) is 1.81. The topological polar surface area (TPSA) is 41.6 Å². The largest absolute Gasteiger partial charge is 0.445 e. The van der Waals surface area contributed by atoms with Crippen LogP contribution in [0.15, 0.2) is 16.6 Å². The highest BCUT2D eigenvalue weighted by Gasteiger charge is 2.40. The molecule has 4 nitrogen and oxygen atoms in total. The maximum Gasteiger partial charge on any atom is 0.407 e. The number of hydrogen-bond acceptors (Lipinski definition) is 3. The van der Waals surface area contributed by atoms with E-state index in [0.717, 1.165) is 56.4 Å². The highest BCUT2D eigenvalue weighted by molar-refractivity contribution is 9.10. The van der Waals surface area contributed by atoms with E-state index in [1.54, 1.807) is 6.07 Å². The normalized spacial score (nSPS) is 32.0. The van der Waals surface area contributed by atoms with Crippen molar-refractivity contribution in [3.05, 3.63) is 33.5 Å². The number of carbonyl (C=O) groups is 1. The summed E-state index contributed by atoms with van der Waals surface area (Å²) in [7, 11) is 0. The van der Waals surface area contributed by atoms with Crippen LogP contribution >= 0.6 is 15.9 Å². The molecule has 1 aromatic carbocycles. The first-order valence-electron chi connectivity index (χ1n) is 9.51. The third-order valence-electron chi connectivity index (χ3n) is 6.43. The number of piperidine rings is 3. The molecule has 0 spiro atoms. The maximum atomic E-state index is 14.1. The maximum absolute atomic E-state index is 14.1. The average Bonchev–Trinajstić information content (AvgIpc) is 2.60. The number of rotatable bonds is 2. The van der Waals surface area contributed by atoms with Crippen LogP contribution in [0, 0.1) is 17.2 Å². The summed E-state index contributed by atoms with van der Waals surface area (Å²) in [6.45, 7) is 7.31. The molecular weight excluding hydrogens is 399 g/mol. The predicted molar refractivity (Wildman–Crippen MR) is 102 cm³/mol. The van der Waals surface area contributed by atoms with Crippen molar-refractivity contribution in [2.75, 3.05) is 19.6 Å². The molecule has 0 saturated carbocycles. The summed E-state index contributed by atoms with van der Waals surface area (Å²) >= 11 is 3.27. The fourth-order valence-electron chi connectivity index (χ4n) is 4.72. The van der Waals surface area contributed by atoms with Gasteiger partial charge in [-0.2, -0.15) is 0 Å². The number of benzene rings is 1. The van der Waals surface area contributed by atoms with Gasteiger partial charge in [0, 0.05) is 6.54 Å². The summed E-state index contributed by atoms with van der Waals surface area (Å²) in [5.74, 6) is 0.185. The Bertz CT molecular complexity index is 716. The molecule has 0 aromatic heterocycles. The number of halogens is 2. The highest BCUT2D eigenvalue weighted by atomic mass is 79.9. The molecule has 4 aliphatic rings. The summed E-state index contributed by atoms with van der Waals surface area (Å²) in [4.78, 5) is 15.0. The van der Waals surface area contributed by atoms with Crippen molar-refractivity contribution in [3.63, 3.8) is 0 Å². The lowest BCUT2D eigenvalue weighted by atomic mass is 9.70. The smallest absolute Gasteiger partial charge is 0.407 e. The van der Waals surface area contributed by atoms with Crippen LogP contribution < -0.4 is 5.32 Å². The Kier molecular flexibility index (Phi) is 4.76. The number of aryl methyl sites for hydroxylation is 1. The van der Waals surface area contributed by atoms with Crippen LogP contribution in [0.2, 0.25) is 0 Å². The fraction of sp³-hybridized carbons (Fsp3) is 0.650. The molecule has 3 saturated heterocycles. The number of fused-ring (bicyclic) bond motifs is 4. The summed E-state index contributed by atoms with van der Waals surface area (Å²) < 4.78 is 20.4. The third kappa shape index (κ3) is 3.38. The van der Waals surface area contributed by atoms with Gasteiger partial charge in [-0.3, -0.25) is 4.90 Å². The second-order valence-corrected chi connectivity index (χ2v) is 9.47. The molecular formula is C20H26BrFN2O2. The van der Waals surface area contributed by atoms with Crippen molar-refractivity contribution in [1.29, 1.82) is 0 Å². The molecule has 3 aliphatic heterocycles. The van der Waals surface area contributed by atoms with E-state index < -0.39 is 0 Å². The van der Waals surface area contributed by atoms with Gasteiger partial charge >= 0.3 is 6.09 Å². The van der Waals surface area contributed by atoms with Crippen molar-refractivity contribution in [3.8, 4) is 0 Å². The Morgan fingerprint density at radius 1 is 1.35 bits per heavy atom. The van der Waals surface area contributed by atoms with E-state index in [1.165, 1.54) is 0 Å². The summed E-state index contributed by atoms with van der Waals surface area (Å²) in [6, 6.07) is 3.15. The molecule has 5 rings (SSSR count). The zero-order valence-corrected chi connectivity index (χ0v) is 16.9. The van der Waals surface area contributed by atoms with Crippen LogP contribution in [0.1, 0.15) is 50.3 Å². The molecule has 1 aliphatic carbocycles. The number of alkyl carbamates (subject to hydrolysis) is 1. The number of nitrogens with zero attached hydrogens (tertiary/aromatic N) is 1. The molecule has 3 fully saturated rings. The molecule has 2 atom stereocenters. The van der Waals surface area contributed by atoms with Gasteiger partial charge in [-0.25, -0.2) is 9.18 Å². The van der Waals surface area contributed by atoms with Crippen molar-refractivity contribution >= 4 is 22.0 Å². The van der Waals surface area contributed by atoms with Crippen molar-refractivity contribution < 1.29 is 13.9 Å². The zero-order valence-electron chi connectivity index (χ0n) is 15.4. The van der Waals surface area contributed by atoms with Gasteiger partial charge in [0.25, 0.3) is 0 Å². The first-order valence-corrected chi connectivity index (χ1v) is 10.3. The second-order valence-electron chi connectivity index (χ2n) is 8.61. The standard InChI is InChI=1S/C20H26BrFN2O2/c1-20(2)6-3-13-9-15(21)16(22)10-14(13)18(20)23-19(25)26-17-11-24-7-4-12(17)5-8-24/h9-10,12,17-18H,3-8,11H2,1-2H3,(H,23,25)/t17-,18?/m0/s1.